The minimum Gasteiger partial charge on any atom is -0.486 e. The summed E-state index contributed by atoms with van der Waals surface area (Å²) in [6.07, 6.45) is 0. The van der Waals surface area contributed by atoms with Crippen molar-refractivity contribution < 1.29 is 9.47 Å². The zero-order valence-electron chi connectivity index (χ0n) is 10.6. The van der Waals surface area contributed by atoms with Gasteiger partial charge in [-0.3, -0.25) is 0 Å². The normalized spacial score (nSPS) is 10.7. The first-order valence-electron chi connectivity index (χ1n) is 5.77. The Balaban J connectivity index is 2.01. The molecule has 2 aromatic rings. The fourth-order valence-corrected chi connectivity index (χ4v) is 2.57. The van der Waals surface area contributed by atoms with Crippen molar-refractivity contribution in [2.24, 2.45) is 5.73 Å². The van der Waals surface area contributed by atoms with E-state index in [1.165, 1.54) is 0 Å². The molecule has 0 amide bonds. The Morgan fingerprint density at radius 1 is 1.26 bits per heavy atom. The first-order valence-corrected chi connectivity index (χ1v) is 6.97. The Kier molecular flexibility index (Phi) is 5.15. The van der Waals surface area contributed by atoms with E-state index < -0.39 is 0 Å². The van der Waals surface area contributed by atoms with E-state index in [0.29, 0.717) is 24.8 Å². The Labute approximate surface area is 121 Å². The second-order valence-corrected chi connectivity index (χ2v) is 5.46. The third-order valence-corrected chi connectivity index (χ3v) is 3.81. The molecule has 6 heteroatoms. The summed E-state index contributed by atoms with van der Waals surface area (Å²) in [4.78, 5) is 5.50. The van der Waals surface area contributed by atoms with Crippen LogP contribution in [0, 0.1) is 0 Å². The molecule has 0 atom stereocenters. The molecule has 0 aliphatic heterocycles. The lowest BCUT2D eigenvalue weighted by molar-refractivity contribution is 0.181. The van der Waals surface area contributed by atoms with E-state index >= 15 is 0 Å². The van der Waals surface area contributed by atoms with Crippen molar-refractivity contribution in [1.82, 2.24) is 4.98 Å². The van der Waals surface area contributed by atoms with E-state index in [-0.39, 0.29) is 0 Å². The zero-order valence-corrected chi connectivity index (χ0v) is 12.1. The average Bonchev–Trinajstić information content (AvgIpc) is 2.81. The number of methoxy groups -OCH3 is 1. The first-order chi connectivity index (χ1) is 9.22. The maximum Gasteiger partial charge on any atom is 0.140 e. The lowest BCUT2D eigenvalue weighted by Gasteiger charge is -2.03. The maximum atomic E-state index is 5.81. The highest BCUT2D eigenvalue weighted by atomic mass is 35.5. The highest BCUT2D eigenvalue weighted by Crippen LogP contribution is 2.21. The number of aromatic nitrogens is 1. The van der Waals surface area contributed by atoms with Crippen LogP contribution in [0.25, 0.3) is 0 Å². The van der Waals surface area contributed by atoms with Crippen LogP contribution >= 0.6 is 22.9 Å². The molecule has 0 saturated carbocycles. The summed E-state index contributed by atoms with van der Waals surface area (Å²) in [5.74, 6) is 0.766. The maximum absolute atomic E-state index is 5.81. The van der Waals surface area contributed by atoms with E-state index in [4.69, 9.17) is 26.8 Å². The van der Waals surface area contributed by atoms with Crippen molar-refractivity contribution >= 4 is 22.9 Å². The van der Waals surface area contributed by atoms with E-state index in [9.17, 15) is 0 Å². The lowest BCUT2D eigenvalue weighted by atomic mass is 10.3. The smallest absolute Gasteiger partial charge is 0.140 e. The molecule has 0 fully saturated rings. The number of nitrogens with two attached hydrogens (primary N) is 1. The number of rotatable bonds is 6. The molecule has 0 bridgehead atoms. The van der Waals surface area contributed by atoms with Gasteiger partial charge in [0.25, 0.3) is 0 Å². The van der Waals surface area contributed by atoms with Crippen LogP contribution in [0.3, 0.4) is 0 Å². The number of nitrogens with zero attached hydrogens (tertiary/aromatic N) is 1. The summed E-state index contributed by atoms with van der Waals surface area (Å²) in [5.41, 5.74) is 6.57. The molecule has 0 unspecified atom stereocenters. The number of halogens is 1. The fraction of sp³-hybridized carbons (Fsp3) is 0.308. The van der Waals surface area contributed by atoms with Crippen LogP contribution in [0.15, 0.2) is 24.3 Å². The molecule has 1 heterocycles. The fourth-order valence-electron chi connectivity index (χ4n) is 1.58. The van der Waals surface area contributed by atoms with Gasteiger partial charge in [0.05, 0.1) is 12.3 Å². The van der Waals surface area contributed by atoms with Gasteiger partial charge >= 0.3 is 0 Å². The van der Waals surface area contributed by atoms with Crippen molar-refractivity contribution in [2.45, 2.75) is 19.8 Å². The van der Waals surface area contributed by atoms with Crippen LogP contribution < -0.4 is 10.5 Å². The van der Waals surface area contributed by atoms with Gasteiger partial charge in [-0.25, -0.2) is 4.98 Å². The van der Waals surface area contributed by atoms with Gasteiger partial charge in [-0.15, -0.1) is 11.3 Å². The highest BCUT2D eigenvalue weighted by molar-refractivity contribution is 7.11. The number of hydrogen-bond donors (Lipinski definition) is 1. The van der Waals surface area contributed by atoms with Crippen molar-refractivity contribution in [1.29, 1.82) is 0 Å². The molecule has 2 N–H and O–H groups in total. The predicted octanol–water partition coefficient (Wildman–Crippen LogP) is 2.98. The largest absolute Gasteiger partial charge is 0.486 e. The van der Waals surface area contributed by atoms with Crippen LogP contribution in [-0.4, -0.2) is 12.1 Å². The number of hydrogen-bond acceptors (Lipinski definition) is 5. The average molecular weight is 299 g/mol. The van der Waals surface area contributed by atoms with E-state index in [1.54, 1.807) is 30.6 Å². The van der Waals surface area contributed by atoms with Gasteiger partial charge in [0, 0.05) is 23.6 Å². The van der Waals surface area contributed by atoms with E-state index in [1.807, 2.05) is 12.1 Å². The van der Waals surface area contributed by atoms with Gasteiger partial charge in [0.1, 0.15) is 17.4 Å². The molecule has 19 heavy (non-hydrogen) atoms. The van der Waals surface area contributed by atoms with Crippen molar-refractivity contribution in [3.8, 4) is 5.75 Å². The van der Waals surface area contributed by atoms with Crippen LogP contribution in [0.2, 0.25) is 5.02 Å². The lowest BCUT2D eigenvalue weighted by Crippen LogP contribution is -1.99. The summed E-state index contributed by atoms with van der Waals surface area (Å²) in [5, 5.41) is 1.58. The van der Waals surface area contributed by atoms with Gasteiger partial charge < -0.3 is 15.2 Å². The van der Waals surface area contributed by atoms with Crippen LogP contribution in [0.5, 0.6) is 5.75 Å². The molecule has 0 saturated heterocycles. The zero-order chi connectivity index (χ0) is 13.7. The van der Waals surface area contributed by atoms with Gasteiger partial charge in [-0.2, -0.15) is 0 Å². The van der Waals surface area contributed by atoms with Gasteiger partial charge in [-0.1, -0.05) is 11.6 Å². The molecular weight excluding hydrogens is 284 g/mol. The number of thiazole rings is 1. The van der Waals surface area contributed by atoms with E-state index in [0.717, 1.165) is 21.3 Å². The highest BCUT2D eigenvalue weighted by Gasteiger charge is 2.10. The van der Waals surface area contributed by atoms with E-state index in [2.05, 4.69) is 4.98 Å². The molecular formula is C13H15ClN2O2S. The Morgan fingerprint density at radius 3 is 2.63 bits per heavy atom. The molecule has 4 nitrogen and oxygen atoms in total. The quantitative estimate of drug-likeness (QED) is 0.891. The molecule has 0 spiro atoms. The molecule has 0 radical (unpaired) electrons. The first kappa shape index (κ1) is 14.3. The SMILES string of the molecule is COCc1nc(COc2ccc(Cl)cc2)sc1CN. The van der Waals surface area contributed by atoms with Crippen molar-refractivity contribution in [3.63, 3.8) is 0 Å². The van der Waals surface area contributed by atoms with Crippen molar-refractivity contribution in [3.05, 3.63) is 44.9 Å². The standard InChI is InChI=1S/C13H15ClN2O2S/c1-17-7-11-12(6-15)19-13(16-11)8-18-10-4-2-9(14)3-5-10/h2-5H,6-8,15H2,1H3. The summed E-state index contributed by atoms with van der Waals surface area (Å²) >= 11 is 7.37. The molecule has 0 aliphatic rings. The third kappa shape index (κ3) is 3.91. The van der Waals surface area contributed by atoms with Crippen LogP contribution in [-0.2, 0) is 24.5 Å². The molecule has 2 rings (SSSR count). The summed E-state index contributed by atoms with van der Waals surface area (Å²) in [7, 11) is 1.64. The second kappa shape index (κ2) is 6.86. The summed E-state index contributed by atoms with van der Waals surface area (Å²) < 4.78 is 10.7. The van der Waals surface area contributed by atoms with Crippen LogP contribution in [0.1, 0.15) is 15.6 Å². The van der Waals surface area contributed by atoms with Crippen molar-refractivity contribution in [2.75, 3.05) is 7.11 Å². The molecule has 1 aromatic heterocycles. The van der Waals surface area contributed by atoms with Gasteiger partial charge in [-0.05, 0) is 24.3 Å². The minimum absolute atomic E-state index is 0.420. The molecule has 0 aliphatic carbocycles. The second-order valence-electron chi connectivity index (χ2n) is 3.86. The number of ether oxygens (including phenoxy) is 2. The summed E-state index contributed by atoms with van der Waals surface area (Å²) in [6, 6.07) is 7.24. The topological polar surface area (TPSA) is 57.4 Å². The summed E-state index contributed by atoms with van der Waals surface area (Å²) in [6.45, 7) is 1.37. The predicted molar refractivity (Wildman–Crippen MR) is 76.5 cm³/mol. The Bertz CT molecular complexity index is 528. The molecule has 102 valence electrons. The Morgan fingerprint density at radius 2 is 2.00 bits per heavy atom. The van der Waals surface area contributed by atoms with Crippen LogP contribution in [0.4, 0.5) is 0 Å². The molecule has 1 aromatic carbocycles. The monoisotopic (exact) mass is 298 g/mol. The number of benzene rings is 1. The Hall–Kier alpha value is -1.14. The van der Waals surface area contributed by atoms with Gasteiger partial charge in [0.2, 0.25) is 0 Å². The minimum atomic E-state index is 0.420. The van der Waals surface area contributed by atoms with Gasteiger partial charge in [0.15, 0.2) is 0 Å². The third-order valence-electron chi connectivity index (χ3n) is 2.46.